The minimum absolute atomic E-state index is 0.0188. The summed E-state index contributed by atoms with van der Waals surface area (Å²) in [6, 6.07) is 3.02. The van der Waals surface area contributed by atoms with Crippen molar-refractivity contribution in [1.82, 2.24) is 15.2 Å². The van der Waals surface area contributed by atoms with Gasteiger partial charge in [-0.3, -0.25) is 9.59 Å². The number of hydrogen-bond donors (Lipinski definition) is 4. The summed E-state index contributed by atoms with van der Waals surface area (Å²) >= 11 is 0. The van der Waals surface area contributed by atoms with Crippen molar-refractivity contribution in [2.45, 2.75) is 44.7 Å². The summed E-state index contributed by atoms with van der Waals surface area (Å²) in [6.07, 6.45) is -2.43. The van der Waals surface area contributed by atoms with Crippen molar-refractivity contribution < 1.29 is 42.5 Å². The molecule has 4 amide bonds. The number of alkyl halides is 2. The van der Waals surface area contributed by atoms with Gasteiger partial charge in [-0.05, 0) is 55.7 Å². The summed E-state index contributed by atoms with van der Waals surface area (Å²) in [4.78, 5) is 53.9. The average Bonchev–Trinajstić information content (AvgIpc) is 3.13. The second-order valence-electron chi connectivity index (χ2n) is 8.67. The minimum Gasteiger partial charge on any atom is -0.480 e. The van der Waals surface area contributed by atoms with Gasteiger partial charge in [0.25, 0.3) is 0 Å². The molecule has 12 nitrogen and oxygen atoms in total. The molecule has 1 saturated heterocycles. The van der Waals surface area contributed by atoms with E-state index >= 15 is 0 Å². The Bertz CT molecular complexity index is 1270. The number of aliphatic carboxylic acids is 1. The van der Waals surface area contributed by atoms with Gasteiger partial charge in [0.15, 0.2) is 17.5 Å². The number of imide groups is 1. The van der Waals surface area contributed by atoms with E-state index in [2.05, 4.69) is 25.1 Å². The summed E-state index contributed by atoms with van der Waals surface area (Å²) in [5.41, 5.74) is 6.40. The van der Waals surface area contributed by atoms with Crippen molar-refractivity contribution in [3.63, 3.8) is 0 Å². The van der Waals surface area contributed by atoms with Gasteiger partial charge in [0, 0.05) is 6.20 Å². The Morgan fingerprint density at radius 1 is 1.19 bits per heavy atom. The highest BCUT2D eigenvalue weighted by Gasteiger charge is 2.54. The number of fused-ring (bicyclic) bond motifs is 1. The molecule has 3 heterocycles. The van der Waals surface area contributed by atoms with Gasteiger partial charge in [0.2, 0.25) is 11.8 Å². The predicted octanol–water partition coefficient (Wildman–Crippen LogP) is 1.61. The number of carbonyl (C=O) groups excluding carboxylic acids is 3. The number of ether oxygens (including phenoxy) is 2. The Kier molecular flexibility index (Phi) is 6.69. The summed E-state index contributed by atoms with van der Waals surface area (Å²) < 4.78 is 35.3. The molecule has 0 aliphatic carbocycles. The number of aromatic nitrogens is 1. The van der Waals surface area contributed by atoms with Crippen molar-refractivity contribution in [3.05, 3.63) is 47.7 Å². The van der Waals surface area contributed by atoms with Crippen LogP contribution in [0.2, 0.25) is 0 Å². The maximum atomic E-state index is 13.3. The summed E-state index contributed by atoms with van der Waals surface area (Å²) in [5, 5.41) is 14.7. The number of likely N-dealkylation sites (tertiary alicyclic amines) is 1. The highest BCUT2D eigenvalue weighted by molar-refractivity contribution is 6.07. The normalized spacial score (nSPS) is 21.0. The number of urea groups is 1. The van der Waals surface area contributed by atoms with E-state index in [1.807, 2.05) is 0 Å². The Labute approximate surface area is 208 Å². The number of nitrogens with one attached hydrogen (secondary N) is 2. The van der Waals surface area contributed by atoms with Gasteiger partial charge in [0.1, 0.15) is 5.82 Å². The Morgan fingerprint density at radius 3 is 2.57 bits per heavy atom. The highest BCUT2D eigenvalue weighted by Crippen LogP contribution is 2.42. The second kappa shape index (κ2) is 9.61. The third kappa shape index (κ3) is 5.28. The summed E-state index contributed by atoms with van der Waals surface area (Å²) in [7, 11) is 0. The topological polar surface area (TPSA) is 173 Å². The molecule has 0 radical (unpaired) electrons. The molecule has 0 saturated carbocycles. The van der Waals surface area contributed by atoms with Crippen molar-refractivity contribution in [2.24, 2.45) is 11.7 Å². The van der Waals surface area contributed by atoms with Gasteiger partial charge in [-0.1, -0.05) is 6.07 Å². The van der Waals surface area contributed by atoms with Crippen LogP contribution in [-0.4, -0.2) is 57.2 Å². The number of carboxylic acids is 1. The maximum Gasteiger partial charge on any atom is 0.586 e. The zero-order valence-electron chi connectivity index (χ0n) is 19.6. The first-order valence-corrected chi connectivity index (χ1v) is 11.1. The van der Waals surface area contributed by atoms with Crippen LogP contribution in [0.5, 0.6) is 11.5 Å². The number of β-lactam (4-membered cyclic amide) rings is 1. The van der Waals surface area contributed by atoms with Crippen LogP contribution < -0.4 is 25.8 Å². The number of hydrogen-bond acceptors (Lipinski definition) is 8. The molecule has 0 bridgehead atoms. The van der Waals surface area contributed by atoms with Crippen LogP contribution in [0.4, 0.5) is 19.4 Å². The smallest absolute Gasteiger partial charge is 0.480 e. The van der Waals surface area contributed by atoms with Crippen molar-refractivity contribution in [3.8, 4) is 11.5 Å². The number of nitrogens with two attached hydrogens (primary N) is 1. The monoisotopic (exact) mass is 519 g/mol. The van der Waals surface area contributed by atoms with Crippen molar-refractivity contribution >= 4 is 29.6 Å². The summed E-state index contributed by atoms with van der Waals surface area (Å²) in [5.74, 6) is -3.80. The number of carboxylic acid groups (broad SMARTS) is 1. The van der Waals surface area contributed by atoms with E-state index in [1.165, 1.54) is 44.3 Å². The molecular formula is C23H23F2N5O7. The molecule has 1 fully saturated rings. The van der Waals surface area contributed by atoms with E-state index < -0.39 is 54.2 Å². The SMILES string of the molecule is CC(N)C(=O)Nc1cc(C[C@H]2C(=O)N(C(=O)NC(C)c3ccc4c(c3)OC(F)(F)O4)[C@@H]2C(=O)O)ccn1. The van der Waals surface area contributed by atoms with E-state index in [0.717, 1.165) is 0 Å². The van der Waals surface area contributed by atoms with Crippen LogP contribution in [0.1, 0.15) is 31.0 Å². The fourth-order valence-electron chi connectivity index (χ4n) is 3.99. The van der Waals surface area contributed by atoms with E-state index in [9.17, 15) is 33.1 Å². The van der Waals surface area contributed by atoms with Gasteiger partial charge in [-0.2, -0.15) is 0 Å². The number of anilines is 1. The molecule has 4 atom stereocenters. The van der Waals surface area contributed by atoms with Crippen LogP contribution in [0.25, 0.3) is 0 Å². The lowest BCUT2D eigenvalue weighted by Gasteiger charge is -2.43. The predicted molar refractivity (Wildman–Crippen MR) is 122 cm³/mol. The first-order valence-electron chi connectivity index (χ1n) is 11.1. The molecule has 2 aliphatic rings. The molecule has 37 heavy (non-hydrogen) atoms. The van der Waals surface area contributed by atoms with Crippen LogP contribution >= 0.6 is 0 Å². The average molecular weight is 519 g/mol. The van der Waals surface area contributed by atoms with Crippen molar-refractivity contribution in [1.29, 1.82) is 0 Å². The van der Waals surface area contributed by atoms with Crippen LogP contribution in [-0.2, 0) is 20.8 Å². The molecule has 2 aromatic rings. The second-order valence-corrected chi connectivity index (χ2v) is 8.67. The molecule has 2 aliphatic heterocycles. The van der Waals surface area contributed by atoms with Gasteiger partial charge in [-0.15, -0.1) is 8.78 Å². The molecule has 196 valence electrons. The Balaban J connectivity index is 1.42. The fourth-order valence-corrected chi connectivity index (χ4v) is 3.99. The minimum atomic E-state index is -3.80. The fraction of sp³-hybridized carbons (Fsp3) is 0.348. The highest BCUT2D eigenvalue weighted by atomic mass is 19.3. The molecular weight excluding hydrogens is 496 g/mol. The van der Waals surface area contributed by atoms with Crippen LogP contribution in [0.3, 0.4) is 0 Å². The largest absolute Gasteiger partial charge is 0.586 e. The molecule has 1 aromatic heterocycles. The number of amides is 4. The van der Waals surface area contributed by atoms with Gasteiger partial charge in [0.05, 0.1) is 18.0 Å². The third-order valence-corrected chi connectivity index (χ3v) is 5.90. The Morgan fingerprint density at radius 2 is 1.89 bits per heavy atom. The van der Waals surface area contributed by atoms with E-state index in [1.54, 1.807) is 6.07 Å². The first kappa shape index (κ1) is 25.8. The zero-order chi connectivity index (χ0) is 27.1. The number of carbonyl (C=O) groups is 4. The van der Waals surface area contributed by atoms with Crippen molar-refractivity contribution in [2.75, 3.05) is 5.32 Å². The number of nitrogens with zero attached hydrogens (tertiary/aromatic N) is 2. The van der Waals surface area contributed by atoms with E-state index in [0.29, 0.717) is 16.0 Å². The number of pyridine rings is 1. The lowest BCUT2D eigenvalue weighted by Crippen LogP contribution is -2.68. The van der Waals surface area contributed by atoms with Crippen LogP contribution in [0.15, 0.2) is 36.5 Å². The van der Waals surface area contributed by atoms with E-state index in [4.69, 9.17) is 5.73 Å². The number of rotatable bonds is 7. The number of halogens is 2. The molecule has 4 rings (SSSR count). The van der Waals surface area contributed by atoms with Gasteiger partial charge >= 0.3 is 18.3 Å². The first-order chi connectivity index (χ1) is 17.4. The maximum absolute atomic E-state index is 13.3. The molecule has 5 N–H and O–H groups in total. The van der Waals surface area contributed by atoms with Crippen LogP contribution in [0, 0.1) is 5.92 Å². The number of benzene rings is 1. The third-order valence-electron chi connectivity index (χ3n) is 5.90. The molecule has 0 spiro atoms. The quantitative estimate of drug-likeness (QED) is 0.396. The lowest BCUT2D eigenvalue weighted by atomic mass is 9.82. The lowest BCUT2D eigenvalue weighted by molar-refractivity contribution is -0.286. The molecule has 14 heteroatoms. The van der Waals surface area contributed by atoms with Gasteiger partial charge in [-0.25, -0.2) is 19.5 Å². The molecule has 1 aromatic carbocycles. The van der Waals surface area contributed by atoms with E-state index in [-0.39, 0.29) is 23.7 Å². The summed E-state index contributed by atoms with van der Waals surface area (Å²) in [6.45, 7) is 3.02. The standard InChI is InChI=1S/C23H23F2N5O7/c1-10(26)19(31)29-17-8-12(5-6-27-17)7-14-18(21(33)34)30(20(14)32)22(35)28-11(2)13-3-4-15-16(9-13)37-23(24,25)36-15/h3-6,8-11,14,18H,7,26H2,1-2H3,(H,28,35)(H,33,34)(H,27,29,31)/t10?,11?,14-,18+/m1/s1. The Hall–Kier alpha value is -4.33. The van der Waals surface area contributed by atoms with Gasteiger partial charge < -0.3 is 30.9 Å². The molecule has 2 unspecified atom stereocenters. The zero-order valence-corrected chi connectivity index (χ0v) is 19.6.